The van der Waals surface area contributed by atoms with Crippen LogP contribution in [0.4, 0.5) is 0 Å². The third-order valence-electron chi connectivity index (χ3n) is 5.54. The number of nitrogens with one attached hydrogen (secondary N) is 1. The van der Waals surface area contributed by atoms with Gasteiger partial charge in [0.05, 0.1) is 17.5 Å². The summed E-state index contributed by atoms with van der Waals surface area (Å²) in [5.41, 5.74) is 5.19. The van der Waals surface area contributed by atoms with Crippen LogP contribution in [0.2, 0.25) is 0 Å². The van der Waals surface area contributed by atoms with E-state index in [4.69, 9.17) is 0 Å². The molecule has 2 aromatic rings. The highest BCUT2D eigenvalue weighted by Crippen LogP contribution is 2.37. The number of fused-ring (bicyclic) bond motifs is 2. The Hall–Kier alpha value is -2.07. The van der Waals surface area contributed by atoms with Crippen molar-refractivity contribution in [3.05, 3.63) is 41.6 Å². The molecule has 3 heterocycles. The lowest BCUT2D eigenvalue weighted by atomic mass is 9.86. The fraction of sp³-hybridized carbons (Fsp3) is 0.450. The van der Waals surface area contributed by atoms with E-state index in [1.165, 1.54) is 27.7 Å². The number of aryl methyl sites for hydroxylation is 1. The van der Waals surface area contributed by atoms with E-state index in [0.717, 1.165) is 26.2 Å². The molecule has 1 aromatic carbocycles. The minimum Gasteiger partial charge on any atom is -0.343 e. The van der Waals surface area contributed by atoms with Gasteiger partial charge in [-0.15, -0.1) is 0 Å². The molecule has 126 valence electrons. The number of hydrogen-bond donors (Lipinski definition) is 1. The Morgan fingerprint density at radius 3 is 2.88 bits per heavy atom. The van der Waals surface area contributed by atoms with Gasteiger partial charge < -0.3 is 14.8 Å². The molecule has 0 spiro atoms. The van der Waals surface area contributed by atoms with Crippen molar-refractivity contribution in [2.45, 2.75) is 33.4 Å². The number of hydrogen-bond acceptors (Lipinski definition) is 2. The molecule has 1 amide bonds. The van der Waals surface area contributed by atoms with E-state index < -0.39 is 0 Å². The van der Waals surface area contributed by atoms with Gasteiger partial charge >= 0.3 is 0 Å². The highest BCUT2D eigenvalue weighted by molar-refractivity contribution is 5.96. The quantitative estimate of drug-likeness (QED) is 0.943. The Morgan fingerprint density at radius 2 is 2.12 bits per heavy atom. The van der Waals surface area contributed by atoms with Crippen LogP contribution in [0.15, 0.2) is 30.3 Å². The molecular formula is C20H25N3O. The SMILES string of the molecule is CCN(CC)C(=O)[C@@H]1C=C2c3cccc4cc(C)n(c34)C[C@H]2NC1. The summed E-state index contributed by atoms with van der Waals surface area (Å²) in [5, 5.41) is 4.91. The van der Waals surface area contributed by atoms with Crippen molar-refractivity contribution in [1.82, 2.24) is 14.8 Å². The fourth-order valence-electron chi connectivity index (χ4n) is 4.25. The van der Waals surface area contributed by atoms with Gasteiger partial charge in [0.15, 0.2) is 0 Å². The van der Waals surface area contributed by atoms with Crippen molar-refractivity contribution in [3.63, 3.8) is 0 Å². The van der Waals surface area contributed by atoms with E-state index in [1.54, 1.807) is 0 Å². The van der Waals surface area contributed by atoms with Crippen LogP contribution in [0.1, 0.15) is 25.1 Å². The Kier molecular flexibility index (Phi) is 3.72. The largest absolute Gasteiger partial charge is 0.343 e. The van der Waals surface area contributed by atoms with E-state index >= 15 is 0 Å². The van der Waals surface area contributed by atoms with Crippen LogP contribution in [0.3, 0.4) is 0 Å². The molecule has 0 saturated carbocycles. The summed E-state index contributed by atoms with van der Waals surface area (Å²) in [6.07, 6.45) is 2.22. The van der Waals surface area contributed by atoms with Crippen molar-refractivity contribution in [2.24, 2.45) is 5.92 Å². The van der Waals surface area contributed by atoms with Crippen molar-refractivity contribution < 1.29 is 4.79 Å². The number of amides is 1. The van der Waals surface area contributed by atoms with E-state index in [2.05, 4.69) is 47.1 Å². The molecule has 0 unspecified atom stereocenters. The average molecular weight is 323 g/mol. The number of para-hydroxylation sites is 1. The van der Waals surface area contributed by atoms with Crippen LogP contribution < -0.4 is 5.32 Å². The minimum atomic E-state index is -0.0611. The minimum absolute atomic E-state index is 0.0611. The third-order valence-corrected chi connectivity index (χ3v) is 5.54. The zero-order valence-electron chi connectivity index (χ0n) is 14.7. The molecule has 24 heavy (non-hydrogen) atoms. The lowest BCUT2D eigenvalue weighted by molar-refractivity contribution is -0.133. The molecule has 4 heteroatoms. The Morgan fingerprint density at radius 1 is 1.33 bits per heavy atom. The summed E-state index contributed by atoms with van der Waals surface area (Å²) < 4.78 is 2.41. The molecule has 2 aliphatic rings. The fourth-order valence-corrected chi connectivity index (χ4v) is 4.25. The topological polar surface area (TPSA) is 37.3 Å². The summed E-state index contributed by atoms with van der Waals surface area (Å²) in [6, 6.07) is 9.06. The van der Waals surface area contributed by atoms with Gasteiger partial charge in [0.25, 0.3) is 0 Å². The molecule has 0 bridgehead atoms. The standard InChI is InChI=1S/C20H25N3O/c1-4-22(5-2)20(24)15-10-17-16-8-6-7-14-9-13(3)23(19(14)16)12-18(17)21-11-15/h6-10,15,18,21H,4-5,11-12H2,1-3H3/t15-,18-/m1/s1. The normalized spacial score (nSPS) is 22.2. The molecule has 2 aliphatic heterocycles. The van der Waals surface area contributed by atoms with Crippen LogP contribution in [0, 0.1) is 12.8 Å². The Labute approximate surface area is 143 Å². The van der Waals surface area contributed by atoms with Crippen LogP contribution in [-0.4, -0.2) is 41.1 Å². The van der Waals surface area contributed by atoms with E-state index in [9.17, 15) is 4.79 Å². The lowest BCUT2D eigenvalue weighted by Crippen LogP contribution is -2.47. The molecule has 0 aliphatic carbocycles. The van der Waals surface area contributed by atoms with Gasteiger partial charge in [0, 0.05) is 42.8 Å². The first-order chi connectivity index (χ1) is 11.6. The third kappa shape index (κ3) is 2.20. The van der Waals surface area contributed by atoms with Crippen molar-refractivity contribution in [2.75, 3.05) is 19.6 Å². The predicted molar refractivity (Wildman–Crippen MR) is 97.9 cm³/mol. The second-order valence-electron chi connectivity index (χ2n) is 6.84. The Balaban J connectivity index is 1.79. The number of benzene rings is 1. The number of rotatable bonds is 3. The molecule has 0 radical (unpaired) electrons. The van der Waals surface area contributed by atoms with Crippen LogP contribution in [0.25, 0.3) is 16.5 Å². The maximum absolute atomic E-state index is 12.8. The van der Waals surface area contributed by atoms with Crippen molar-refractivity contribution >= 4 is 22.4 Å². The maximum atomic E-state index is 12.8. The lowest BCUT2D eigenvalue weighted by Gasteiger charge is -2.36. The zero-order chi connectivity index (χ0) is 16.8. The van der Waals surface area contributed by atoms with Gasteiger partial charge in [-0.1, -0.05) is 24.3 Å². The summed E-state index contributed by atoms with van der Waals surface area (Å²) in [5.74, 6) is 0.178. The van der Waals surface area contributed by atoms with Crippen LogP contribution in [0.5, 0.6) is 0 Å². The number of carbonyl (C=O) groups excluding carboxylic acids is 1. The predicted octanol–water partition coefficient (Wildman–Crippen LogP) is 2.80. The summed E-state index contributed by atoms with van der Waals surface area (Å²) in [4.78, 5) is 14.7. The Bertz CT molecular complexity index is 829. The first-order valence-electron chi connectivity index (χ1n) is 8.97. The van der Waals surface area contributed by atoms with Gasteiger partial charge in [0.1, 0.15) is 0 Å². The first kappa shape index (κ1) is 15.5. The zero-order valence-corrected chi connectivity index (χ0v) is 14.7. The molecule has 1 N–H and O–H groups in total. The summed E-state index contributed by atoms with van der Waals surface area (Å²) >= 11 is 0. The van der Waals surface area contributed by atoms with Gasteiger partial charge in [-0.25, -0.2) is 0 Å². The van der Waals surface area contributed by atoms with Crippen LogP contribution >= 0.6 is 0 Å². The highest BCUT2D eigenvalue weighted by atomic mass is 16.2. The first-order valence-corrected chi connectivity index (χ1v) is 8.97. The second kappa shape index (κ2) is 5.78. The smallest absolute Gasteiger partial charge is 0.230 e. The maximum Gasteiger partial charge on any atom is 0.230 e. The van der Waals surface area contributed by atoms with Gasteiger partial charge in [-0.3, -0.25) is 4.79 Å². The highest BCUT2D eigenvalue weighted by Gasteiger charge is 2.33. The summed E-state index contributed by atoms with van der Waals surface area (Å²) in [7, 11) is 0. The van der Waals surface area contributed by atoms with E-state index in [-0.39, 0.29) is 11.8 Å². The van der Waals surface area contributed by atoms with Crippen molar-refractivity contribution in [3.8, 4) is 0 Å². The van der Waals surface area contributed by atoms with Gasteiger partial charge in [0.2, 0.25) is 5.91 Å². The molecule has 4 rings (SSSR count). The molecule has 0 fully saturated rings. The molecular weight excluding hydrogens is 298 g/mol. The van der Waals surface area contributed by atoms with Gasteiger partial charge in [-0.05, 0) is 32.4 Å². The van der Waals surface area contributed by atoms with Gasteiger partial charge in [-0.2, -0.15) is 0 Å². The second-order valence-corrected chi connectivity index (χ2v) is 6.84. The van der Waals surface area contributed by atoms with E-state index in [0.29, 0.717) is 6.04 Å². The molecule has 0 saturated heterocycles. The number of nitrogens with zero attached hydrogens (tertiary/aromatic N) is 2. The number of aromatic nitrogens is 1. The van der Waals surface area contributed by atoms with Crippen molar-refractivity contribution in [1.29, 1.82) is 0 Å². The monoisotopic (exact) mass is 323 g/mol. The number of carbonyl (C=O) groups is 1. The molecule has 4 nitrogen and oxygen atoms in total. The summed E-state index contributed by atoms with van der Waals surface area (Å²) in [6.45, 7) is 9.49. The van der Waals surface area contributed by atoms with E-state index in [1.807, 2.05) is 18.7 Å². The molecule has 2 atom stereocenters. The van der Waals surface area contributed by atoms with Crippen LogP contribution in [-0.2, 0) is 11.3 Å². The molecule has 1 aromatic heterocycles. The average Bonchev–Trinajstić information content (AvgIpc) is 2.93.